The van der Waals surface area contributed by atoms with Crippen molar-refractivity contribution in [2.75, 3.05) is 31.2 Å². The summed E-state index contributed by atoms with van der Waals surface area (Å²) in [4.78, 5) is 6.92. The van der Waals surface area contributed by atoms with Gasteiger partial charge in [0.15, 0.2) is 0 Å². The summed E-state index contributed by atoms with van der Waals surface area (Å²) in [5.74, 6) is 1.68. The predicted molar refractivity (Wildman–Crippen MR) is 96.9 cm³/mol. The molecule has 2 aliphatic rings. The van der Waals surface area contributed by atoms with E-state index in [2.05, 4.69) is 22.9 Å². The molecule has 0 bridgehead atoms. The highest BCUT2D eigenvalue weighted by Crippen LogP contribution is 2.30. The smallest absolute Gasteiger partial charge is 0.215 e. The molecule has 3 rings (SSSR count). The maximum atomic E-state index is 10.0. The van der Waals surface area contributed by atoms with E-state index in [1.807, 2.05) is 26.8 Å². The highest BCUT2D eigenvalue weighted by molar-refractivity contribution is 5.44. The van der Waals surface area contributed by atoms with Gasteiger partial charge in [-0.05, 0) is 51.2 Å². The minimum atomic E-state index is -0.529. The first-order valence-electron chi connectivity index (χ1n) is 9.22. The summed E-state index contributed by atoms with van der Waals surface area (Å²) in [5, 5.41) is 10.0. The normalized spacial score (nSPS) is 27.2. The van der Waals surface area contributed by atoms with Gasteiger partial charge in [-0.25, -0.2) is 0 Å². The third-order valence-electron chi connectivity index (χ3n) is 4.56. The van der Waals surface area contributed by atoms with Crippen LogP contribution in [0.25, 0.3) is 0 Å². The second kappa shape index (κ2) is 8.67. The first-order valence-corrected chi connectivity index (χ1v) is 9.22. The molecule has 1 aliphatic carbocycles. The van der Waals surface area contributed by atoms with Crippen LogP contribution in [-0.4, -0.2) is 48.1 Å². The fourth-order valence-electron chi connectivity index (χ4n) is 3.13. The summed E-state index contributed by atoms with van der Waals surface area (Å²) >= 11 is 0. The van der Waals surface area contributed by atoms with Gasteiger partial charge < -0.3 is 19.5 Å². The molecule has 0 amide bonds. The van der Waals surface area contributed by atoms with Gasteiger partial charge in [-0.2, -0.15) is 4.98 Å². The fraction of sp³-hybridized carbons (Fsp3) is 0.737. The molecule has 1 saturated carbocycles. The van der Waals surface area contributed by atoms with Gasteiger partial charge in [0.05, 0.1) is 18.8 Å². The average molecular weight is 336 g/mol. The molecule has 1 aromatic rings. The number of aryl methyl sites for hydroxylation is 1. The van der Waals surface area contributed by atoms with Crippen molar-refractivity contribution in [1.29, 1.82) is 0 Å². The van der Waals surface area contributed by atoms with Crippen LogP contribution in [0.5, 0.6) is 5.88 Å². The quantitative estimate of drug-likeness (QED) is 0.917. The fourth-order valence-corrected chi connectivity index (χ4v) is 3.13. The van der Waals surface area contributed by atoms with Gasteiger partial charge in [0, 0.05) is 19.2 Å². The lowest BCUT2D eigenvalue weighted by Crippen LogP contribution is -2.37. The first-order chi connectivity index (χ1) is 11.5. The van der Waals surface area contributed by atoms with Gasteiger partial charge in [-0.1, -0.05) is 13.8 Å². The zero-order valence-electron chi connectivity index (χ0n) is 15.5. The van der Waals surface area contributed by atoms with Gasteiger partial charge in [-0.15, -0.1) is 0 Å². The number of morpholine rings is 1. The number of hydrogen-bond donors (Lipinski definition) is 1. The number of hydrogen-bond acceptors (Lipinski definition) is 5. The molecule has 2 fully saturated rings. The van der Waals surface area contributed by atoms with Gasteiger partial charge >= 0.3 is 0 Å². The Hall–Kier alpha value is -1.33. The third kappa shape index (κ3) is 5.35. The maximum absolute atomic E-state index is 10.0. The molecule has 1 saturated heterocycles. The van der Waals surface area contributed by atoms with Crippen molar-refractivity contribution in [2.24, 2.45) is 0 Å². The summed E-state index contributed by atoms with van der Waals surface area (Å²) in [5.41, 5.74) is 0.632. The zero-order chi connectivity index (χ0) is 17.6. The van der Waals surface area contributed by atoms with Crippen molar-refractivity contribution in [3.8, 4) is 5.88 Å². The van der Waals surface area contributed by atoms with Crippen molar-refractivity contribution in [3.63, 3.8) is 0 Å². The summed E-state index contributed by atoms with van der Waals surface area (Å²) in [6, 6.07) is 4.10. The average Bonchev–Trinajstić information content (AvgIpc) is 2.59. The predicted octanol–water partition coefficient (Wildman–Crippen LogP) is 3.33. The summed E-state index contributed by atoms with van der Waals surface area (Å²) < 4.78 is 11.5. The lowest BCUT2D eigenvalue weighted by Gasteiger charge is -2.33. The molecule has 1 aliphatic heterocycles. The van der Waals surface area contributed by atoms with E-state index in [-0.39, 0.29) is 6.10 Å². The largest absolute Gasteiger partial charge is 0.474 e. The van der Waals surface area contributed by atoms with E-state index in [9.17, 15) is 5.11 Å². The van der Waals surface area contributed by atoms with Crippen LogP contribution in [0.1, 0.15) is 52.0 Å². The molecule has 1 N–H and O–H groups in total. The van der Waals surface area contributed by atoms with Crippen molar-refractivity contribution in [2.45, 2.75) is 65.1 Å². The van der Waals surface area contributed by atoms with E-state index in [1.54, 1.807) is 0 Å². The number of aliphatic hydroxyl groups is 1. The first kappa shape index (κ1) is 19.0. The number of nitrogens with zero attached hydrogens (tertiary/aromatic N) is 2. The lowest BCUT2D eigenvalue weighted by atomic mass is 9.85. The molecule has 1 aromatic heterocycles. The molecule has 0 unspecified atom stereocenters. The Morgan fingerprint density at radius 1 is 1.21 bits per heavy atom. The van der Waals surface area contributed by atoms with Gasteiger partial charge in [0.1, 0.15) is 11.9 Å². The van der Waals surface area contributed by atoms with E-state index in [1.165, 1.54) is 0 Å². The molecular weight excluding hydrogens is 304 g/mol. The molecule has 0 radical (unpaired) electrons. The molecule has 5 heteroatoms. The summed E-state index contributed by atoms with van der Waals surface area (Å²) in [7, 11) is 0. The Morgan fingerprint density at radius 3 is 2.46 bits per heavy atom. The SMILES string of the molecule is CC.Cc1cc(OC2CCC(C)(O)CC2)nc(N2CCOCC2)c1. The van der Waals surface area contributed by atoms with Crippen LogP contribution in [0.2, 0.25) is 0 Å². The Balaban J connectivity index is 0.00000100. The monoisotopic (exact) mass is 336 g/mol. The van der Waals surface area contributed by atoms with Crippen LogP contribution in [-0.2, 0) is 4.74 Å². The van der Waals surface area contributed by atoms with E-state index >= 15 is 0 Å². The van der Waals surface area contributed by atoms with Crippen LogP contribution in [0, 0.1) is 6.92 Å². The van der Waals surface area contributed by atoms with Crippen molar-refractivity contribution in [1.82, 2.24) is 4.98 Å². The van der Waals surface area contributed by atoms with E-state index in [0.29, 0.717) is 5.88 Å². The van der Waals surface area contributed by atoms with Crippen LogP contribution in [0.4, 0.5) is 5.82 Å². The van der Waals surface area contributed by atoms with Crippen molar-refractivity contribution < 1.29 is 14.6 Å². The van der Waals surface area contributed by atoms with E-state index in [4.69, 9.17) is 9.47 Å². The molecule has 24 heavy (non-hydrogen) atoms. The standard InChI is InChI=1S/C17H26N2O3.C2H6/c1-13-11-15(19-7-9-21-10-8-19)18-16(12-13)22-14-3-5-17(2,20)6-4-14;1-2/h11-12,14,20H,3-10H2,1-2H3;1-2H3. The molecule has 2 heterocycles. The number of ether oxygens (including phenoxy) is 2. The summed E-state index contributed by atoms with van der Waals surface area (Å²) in [6.45, 7) is 11.2. The highest BCUT2D eigenvalue weighted by Gasteiger charge is 2.30. The second-order valence-corrected chi connectivity index (χ2v) is 6.75. The van der Waals surface area contributed by atoms with Crippen LogP contribution < -0.4 is 9.64 Å². The molecule has 0 atom stereocenters. The van der Waals surface area contributed by atoms with E-state index < -0.39 is 5.60 Å². The number of pyridine rings is 1. The third-order valence-corrected chi connectivity index (χ3v) is 4.56. The number of rotatable bonds is 3. The van der Waals surface area contributed by atoms with Crippen LogP contribution >= 0.6 is 0 Å². The minimum Gasteiger partial charge on any atom is -0.474 e. The van der Waals surface area contributed by atoms with Crippen molar-refractivity contribution in [3.05, 3.63) is 17.7 Å². The highest BCUT2D eigenvalue weighted by atomic mass is 16.5. The lowest BCUT2D eigenvalue weighted by molar-refractivity contribution is -0.0117. The Morgan fingerprint density at radius 2 is 1.83 bits per heavy atom. The molecular formula is C19H32N2O3. The second-order valence-electron chi connectivity index (χ2n) is 6.75. The zero-order valence-corrected chi connectivity index (χ0v) is 15.5. The van der Waals surface area contributed by atoms with Gasteiger partial charge in [0.25, 0.3) is 0 Å². The molecule has 136 valence electrons. The van der Waals surface area contributed by atoms with Crippen LogP contribution in [0.15, 0.2) is 12.1 Å². The minimum absolute atomic E-state index is 0.159. The maximum Gasteiger partial charge on any atom is 0.215 e. The molecule has 0 spiro atoms. The van der Waals surface area contributed by atoms with Crippen molar-refractivity contribution >= 4 is 5.82 Å². The van der Waals surface area contributed by atoms with Gasteiger partial charge in [-0.3, -0.25) is 0 Å². The summed E-state index contributed by atoms with van der Waals surface area (Å²) in [6.07, 6.45) is 3.51. The molecule has 0 aromatic carbocycles. The number of aromatic nitrogens is 1. The number of anilines is 1. The Bertz CT molecular complexity index is 503. The van der Waals surface area contributed by atoms with E-state index in [0.717, 1.165) is 63.4 Å². The topological polar surface area (TPSA) is 54.8 Å². The molecule has 5 nitrogen and oxygen atoms in total. The Kier molecular flexibility index (Phi) is 6.87. The van der Waals surface area contributed by atoms with Gasteiger partial charge in [0.2, 0.25) is 5.88 Å². The van der Waals surface area contributed by atoms with Crippen LogP contribution in [0.3, 0.4) is 0 Å². The Labute approximate surface area is 146 Å².